The zero-order valence-corrected chi connectivity index (χ0v) is 12.3. The van der Waals surface area contributed by atoms with Crippen molar-refractivity contribution in [3.05, 3.63) is 38.2 Å². The molecule has 0 bridgehead atoms. The Morgan fingerprint density at radius 3 is 2.83 bits per heavy atom. The molecule has 2 heterocycles. The Kier molecular flexibility index (Phi) is 4.05. The van der Waals surface area contributed by atoms with Crippen LogP contribution in [0.4, 0.5) is 0 Å². The van der Waals surface area contributed by atoms with Crippen LogP contribution < -0.4 is 5.56 Å². The lowest BCUT2D eigenvalue weighted by atomic mass is 10.1. The first-order valence-corrected chi connectivity index (χ1v) is 6.71. The molecule has 0 amide bonds. The lowest BCUT2D eigenvalue weighted by Gasteiger charge is -2.08. The third kappa shape index (κ3) is 2.92. The first-order chi connectivity index (χ1) is 8.58. The quantitative estimate of drug-likeness (QED) is 0.855. The highest BCUT2D eigenvalue weighted by atomic mass is 127. The maximum atomic E-state index is 11.9. The van der Waals surface area contributed by atoms with Crippen molar-refractivity contribution in [1.29, 1.82) is 0 Å². The monoisotopic (exact) mass is 356 g/mol. The Balaban J connectivity index is 2.51. The van der Waals surface area contributed by atoms with Crippen LogP contribution >= 0.6 is 22.6 Å². The number of hydrogen-bond donors (Lipinski definition) is 1. The van der Waals surface area contributed by atoms with E-state index in [0.29, 0.717) is 21.0 Å². The Labute approximate surface area is 118 Å². The topological polar surface area (TPSA) is 71.5 Å². The predicted octanol–water partition coefficient (Wildman–Crippen LogP) is 2.03. The second-order valence-corrected chi connectivity index (χ2v) is 5.45. The minimum atomic E-state index is -0.116. The fourth-order valence-corrected chi connectivity index (χ4v) is 2.06. The maximum Gasteiger partial charge on any atom is 0.264 e. The molecule has 0 spiro atoms. The first kappa shape index (κ1) is 13.1. The average molecular weight is 356 g/mol. The molecule has 0 saturated carbocycles. The zero-order valence-electron chi connectivity index (χ0n) is 10.1. The molecule has 18 heavy (non-hydrogen) atoms. The van der Waals surface area contributed by atoms with E-state index in [1.54, 1.807) is 12.3 Å². The van der Waals surface area contributed by atoms with Crippen molar-refractivity contribution in [1.82, 2.24) is 19.9 Å². The molecule has 0 radical (unpaired) electrons. The van der Waals surface area contributed by atoms with E-state index in [4.69, 9.17) is 0 Å². The summed E-state index contributed by atoms with van der Waals surface area (Å²) in [5, 5.41) is 0. The van der Waals surface area contributed by atoms with Crippen molar-refractivity contribution in [2.75, 3.05) is 0 Å². The van der Waals surface area contributed by atoms with Gasteiger partial charge in [-0.1, -0.05) is 13.8 Å². The van der Waals surface area contributed by atoms with Crippen LogP contribution in [-0.4, -0.2) is 19.9 Å². The van der Waals surface area contributed by atoms with Crippen LogP contribution in [0.3, 0.4) is 0 Å². The summed E-state index contributed by atoms with van der Waals surface area (Å²) in [4.78, 5) is 27.0. The van der Waals surface area contributed by atoms with Crippen molar-refractivity contribution < 1.29 is 0 Å². The highest BCUT2D eigenvalue weighted by molar-refractivity contribution is 14.1. The van der Waals surface area contributed by atoms with Gasteiger partial charge in [0.1, 0.15) is 12.0 Å². The highest BCUT2D eigenvalue weighted by Gasteiger charge is 2.12. The van der Waals surface area contributed by atoms with E-state index < -0.39 is 0 Å². The van der Waals surface area contributed by atoms with Gasteiger partial charge in [0.2, 0.25) is 0 Å². The van der Waals surface area contributed by atoms with Crippen molar-refractivity contribution in [3.63, 3.8) is 0 Å². The van der Waals surface area contributed by atoms with E-state index in [1.165, 1.54) is 6.33 Å². The summed E-state index contributed by atoms with van der Waals surface area (Å²) in [6, 6.07) is 1.73. The Bertz CT molecular complexity index is 595. The third-order valence-electron chi connectivity index (χ3n) is 2.36. The summed E-state index contributed by atoms with van der Waals surface area (Å²) < 4.78 is 0.652. The van der Waals surface area contributed by atoms with Crippen LogP contribution in [0.1, 0.15) is 19.5 Å². The van der Waals surface area contributed by atoms with Crippen LogP contribution in [0, 0.1) is 9.49 Å². The molecule has 0 fully saturated rings. The Morgan fingerprint density at radius 1 is 1.44 bits per heavy atom. The van der Waals surface area contributed by atoms with E-state index in [9.17, 15) is 4.79 Å². The molecule has 1 N–H and O–H groups in total. The van der Waals surface area contributed by atoms with Crippen LogP contribution in [0.15, 0.2) is 23.4 Å². The largest absolute Gasteiger partial charge is 0.304 e. The van der Waals surface area contributed by atoms with Crippen LogP contribution in [0.2, 0.25) is 0 Å². The van der Waals surface area contributed by atoms with Gasteiger partial charge in [-0.05, 0) is 41.0 Å². The second-order valence-electron chi connectivity index (χ2n) is 4.37. The first-order valence-electron chi connectivity index (χ1n) is 5.63. The standard InChI is InChI=1S/C12H13IN4O/c1-7(2)5-9-10(13)12(18)17-11(16-9)8-3-4-14-6-15-8/h3-4,6-7H,5H2,1-2H3,(H,16,17,18). The maximum absolute atomic E-state index is 11.9. The van der Waals surface area contributed by atoms with Gasteiger partial charge in [-0.15, -0.1) is 0 Å². The lowest BCUT2D eigenvalue weighted by molar-refractivity contribution is 0.631. The van der Waals surface area contributed by atoms with Gasteiger partial charge in [0, 0.05) is 6.20 Å². The molecule has 2 aromatic heterocycles. The minimum absolute atomic E-state index is 0.116. The summed E-state index contributed by atoms with van der Waals surface area (Å²) in [5.41, 5.74) is 1.33. The normalized spacial score (nSPS) is 10.9. The molecule has 6 heteroatoms. The number of nitrogens with zero attached hydrogens (tertiary/aromatic N) is 3. The third-order valence-corrected chi connectivity index (χ3v) is 3.47. The van der Waals surface area contributed by atoms with Gasteiger partial charge in [0.15, 0.2) is 5.82 Å². The van der Waals surface area contributed by atoms with E-state index in [-0.39, 0.29) is 5.56 Å². The summed E-state index contributed by atoms with van der Waals surface area (Å²) in [7, 11) is 0. The molecule has 0 aromatic carbocycles. The minimum Gasteiger partial charge on any atom is -0.304 e. The van der Waals surface area contributed by atoms with Gasteiger partial charge in [-0.3, -0.25) is 4.79 Å². The van der Waals surface area contributed by atoms with Gasteiger partial charge < -0.3 is 4.98 Å². The van der Waals surface area contributed by atoms with E-state index in [2.05, 4.69) is 33.8 Å². The average Bonchev–Trinajstić information content (AvgIpc) is 2.35. The molecule has 2 aromatic rings. The molecule has 5 nitrogen and oxygen atoms in total. The highest BCUT2D eigenvalue weighted by Crippen LogP contribution is 2.14. The molecule has 94 valence electrons. The van der Waals surface area contributed by atoms with Crippen LogP contribution in [-0.2, 0) is 6.42 Å². The van der Waals surface area contributed by atoms with Crippen LogP contribution in [0.5, 0.6) is 0 Å². The summed E-state index contributed by atoms with van der Waals surface area (Å²) in [5.74, 6) is 0.949. The molecule has 0 aliphatic carbocycles. The number of hydrogen-bond acceptors (Lipinski definition) is 4. The number of nitrogens with one attached hydrogen (secondary N) is 1. The Morgan fingerprint density at radius 2 is 2.22 bits per heavy atom. The number of H-pyrrole nitrogens is 1. The Hall–Kier alpha value is -1.31. The molecule has 0 aliphatic heterocycles. The number of aromatic amines is 1. The van der Waals surface area contributed by atoms with Gasteiger partial charge >= 0.3 is 0 Å². The molecule has 0 saturated heterocycles. The second kappa shape index (κ2) is 5.55. The fraction of sp³-hybridized carbons (Fsp3) is 0.333. The van der Waals surface area contributed by atoms with Gasteiger partial charge in [0.05, 0.1) is 9.26 Å². The summed E-state index contributed by atoms with van der Waals surface area (Å²) >= 11 is 2.04. The van der Waals surface area contributed by atoms with Crippen molar-refractivity contribution >= 4 is 22.6 Å². The van der Waals surface area contributed by atoms with Crippen molar-refractivity contribution in [2.24, 2.45) is 5.92 Å². The van der Waals surface area contributed by atoms with Gasteiger partial charge in [-0.2, -0.15) is 0 Å². The molecule has 0 atom stereocenters. The molecular weight excluding hydrogens is 343 g/mol. The van der Waals surface area contributed by atoms with Crippen molar-refractivity contribution in [2.45, 2.75) is 20.3 Å². The molecule has 0 aliphatic rings. The molecular formula is C12H13IN4O. The molecule has 2 rings (SSSR count). The van der Waals surface area contributed by atoms with E-state index >= 15 is 0 Å². The van der Waals surface area contributed by atoms with Gasteiger partial charge in [-0.25, -0.2) is 15.0 Å². The zero-order chi connectivity index (χ0) is 13.1. The summed E-state index contributed by atoms with van der Waals surface area (Å²) in [6.07, 6.45) is 3.85. The number of halogens is 1. The van der Waals surface area contributed by atoms with Gasteiger partial charge in [0.25, 0.3) is 5.56 Å². The molecule has 0 unspecified atom stereocenters. The van der Waals surface area contributed by atoms with E-state index in [0.717, 1.165) is 12.1 Å². The number of rotatable bonds is 3. The lowest BCUT2D eigenvalue weighted by Crippen LogP contribution is -2.17. The van der Waals surface area contributed by atoms with E-state index in [1.807, 2.05) is 22.6 Å². The smallest absolute Gasteiger partial charge is 0.264 e. The summed E-state index contributed by atoms with van der Waals surface area (Å²) in [6.45, 7) is 4.20. The van der Waals surface area contributed by atoms with Crippen LogP contribution in [0.25, 0.3) is 11.5 Å². The predicted molar refractivity (Wildman–Crippen MR) is 77.1 cm³/mol. The van der Waals surface area contributed by atoms with Crippen molar-refractivity contribution in [3.8, 4) is 11.5 Å². The SMILES string of the molecule is CC(C)Cc1nc(-c2ccncn2)[nH]c(=O)c1I. The number of aromatic nitrogens is 4. The fourth-order valence-electron chi connectivity index (χ4n) is 1.58.